The number of rotatable bonds is 2. The summed E-state index contributed by atoms with van der Waals surface area (Å²) in [5, 5.41) is 8.63. The van der Waals surface area contributed by atoms with Crippen LogP contribution in [-0.4, -0.2) is 0 Å². The summed E-state index contributed by atoms with van der Waals surface area (Å²) in [6.45, 7) is 1.91. The van der Waals surface area contributed by atoms with Gasteiger partial charge in [-0.3, -0.25) is 0 Å². The first-order chi connectivity index (χ1) is 6.26. The maximum absolute atomic E-state index is 8.63. The SMILES string of the molecule is C#Cc1cccc(CC(C)C#N)c1. The van der Waals surface area contributed by atoms with E-state index >= 15 is 0 Å². The third kappa shape index (κ3) is 2.65. The van der Waals surface area contributed by atoms with E-state index in [1.165, 1.54) is 0 Å². The Morgan fingerprint density at radius 3 is 2.92 bits per heavy atom. The van der Waals surface area contributed by atoms with Crippen LogP contribution in [0.5, 0.6) is 0 Å². The number of nitriles is 1. The van der Waals surface area contributed by atoms with Gasteiger partial charge in [0.25, 0.3) is 0 Å². The first kappa shape index (κ1) is 9.36. The van der Waals surface area contributed by atoms with E-state index in [1.54, 1.807) is 0 Å². The van der Waals surface area contributed by atoms with Gasteiger partial charge >= 0.3 is 0 Å². The molecule has 0 saturated carbocycles. The molecule has 0 fully saturated rings. The lowest BCUT2D eigenvalue weighted by atomic mass is 10.0. The number of benzene rings is 1. The quantitative estimate of drug-likeness (QED) is 0.623. The highest BCUT2D eigenvalue weighted by molar-refractivity contribution is 5.35. The van der Waals surface area contributed by atoms with Gasteiger partial charge in [0.05, 0.1) is 6.07 Å². The monoisotopic (exact) mass is 169 g/mol. The zero-order chi connectivity index (χ0) is 9.68. The van der Waals surface area contributed by atoms with Gasteiger partial charge in [-0.2, -0.15) is 5.26 Å². The lowest BCUT2D eigenvalue weighted by Gasteiger charge is -2.02. The molecule has 0 aliphatic carbocycles. The van der Waals surface area contributed by atoms with Gasteiger partial charge in [-0.1, -0.05) is 18.1 Å². The smallest absolute Gasteiger partial charge is 0.0656 e. The molecule has 0 heterocycles. The molecule has 1 aromatic rings. The Hall–Kier alpha value is -1.73. The molecule has 0 amide bonds. The Labute approximate surface area is 79.0 Å². The first-order valence-electron chi connectivity index (χ1n) is 4.21. The molecular weight excluding hydrogens is 158 g/mol. The molecule has 1 heteroatoms. The lowest BCUT2D eigenvalue weighted by Crippen LogP contribution is -1.96. The standard InChI is InChI=1S/C12H11N/c1-3-11-5-4-6-12(8-11)7-10(2)9-13/h1,4-6,8,10H,7H2,2H3. The number of terminal acetylenes is 1. The van der Waals surface area contributed by atoms with Gasteiger partial charge in [0, 0.05) is 11.5 Å². The molecule has 0 spiro atoms. The van der Waals surface area contributed by atoms with E-state index in [4.69, 9.17) is 11.7 Å². The molecule has 0 N–H and O–H groups in total. The van der Waals surface area contributed by atoms with Crippen molar-refractivity contribution >= 4 is 0 Å². The summed E-state index contributed by atoms with van der Waals surface area (Å²) in [6, 6.07) is 9.96. The Kier molecular flexibility index (Phi) is 3.12. The first-order valence-corrected chi connectivity index (χ1v) is 4.21. The number of hydrogen-bond acceptors (Lipinski definition) is 1. The van der Waals surface area contributed by atoms with E-state index in [0.29, 0.717) is 0 Å². The topological polar surface area (TPSA) is 23.8 Å². The summed E-state index contributed by atoms with van der Waals surface area (Å²) in [5.74, 6) is 2.62. The highest BCUT2D eigenvalue weighted by Gasteiger charge is 2.01. The van der Waals surface area contributed by atoms with Crippen LogP contribution in [0, 0.1) is 29.6 Å². The highest BCUT2D eigenvalue weighted by atomic mass is 14.3. The van der Waals surface area contributed by atoms with E-state index in [9.17, 15) is 0 Å². The van der Waals surface area contributed by atoms with Crippen LogP contribution >= 0.6 is 0 Å². The zero-order valence-electron chi connectivity index (χ0n) is 7.62. The van der Waals surface area contributed by atoms with Crippen molar-refractivity contribution in [3.8, 4) is 18.4 Å². The molecule has 1 unspecified atom stereocenters. The molecule has 1 atom stereocenters. The highest BCUT2D eigenvalue weighted by Crippen LogP contribution is 2.09. The van der Waals surface area contributed by atoms with Crippen LogP contribution in [0.1, 0.15) is 18.1 Å². The summed E-state index contributed by atoms with van der Waals surface area (Å²) < 4.78 is 0. The van der Waals surface area contributed by atoms with E-state index in [0.717, 1.165) is 17.5 Å². The van der Waals surface area contributed by atoms with Crippen molar-refractivity contribution in [2.45, 2.75) is 13.3 Å². The molecule has 0 radical (unpaired) electrons. The fraction of sp³-hybridized carbons (Fsp3) is 0.250. The van der Waals surface area contributed by atoms with E-state index in [2.05, 4.69) is 12.0 Å². The Morgan fingerprint density at radius 2 is 2.31 bits per heavy atom. The molecular formula is C12H11N. The lowest BCUT2D eigenvalue weighted by molar-refractivity contribution is 0.739. The molecule has 64 valence electrons. The van der Waals surface area contributed by atoms with Gasteiger partial charge in [-0.05, 0) is 31.0 Å². The average Bonchev–Trinajstić information content (AvgIpc) is 2.18. The molecule has 1 rings (SSSR count). The van der Waals surface area contributed by atoms with Crippen LogP contribution in [0.15, 0.2) is 24.3 Å². The van der Waals surface area contributed by atoms with Crippen LogP contribution in [0.2, 0.25) is 0 Å². The summed E-state index contributed by atoms with van der Waals surface area (Å²) in [4.78, 5) is 0. The van der Waals surface area contributed by atoms with Gasteiger partial charge in [0.2, 0.25) is 0 Å². The average molecular weight is 169 g/mol. The van der Waals surface area contributed by atoms with E-state index in [1.807, 2.05) is 31.2 Å². The third-order valence-corrected chi connectivity index (χ3v) is 1.86. The van der Waals surface area contributed by atoms with Crippen molar-refractivity contribution in [3.63, 3.8) is 0 Å². The minimum atomic E-state index is 0.0491. The van der Waals surface area contributed by atoms with Gasteiger partial charge in [-0.25, -0.2) is 0 Å². The molecule has 0 bridgehead atoms. The Balaban J connectivity index is 2.80. The fourth-order valence-corrected chi connectivity index (χ4v) is 1.19. The normalized spacial score (nSPS) is 11.3. The van der Waals surface area contributed by atoms with Crippen LogP contribution in [-0.2, 0) is 6.42 Å². The minimum Gasteiger partial charge on any atom is -0.198 e. The van der Waals surface area contributed by atoms with Crippen molar-refractivity contribution in [3.05, 3.63) is 35.4 Å². The van der Waals surface area contributed by atoms with Gasteiger partial charge < -0.3 is 0 Å². The van der Waals surface area contributed by atoms with Gasteiger partial charge in [0.1, 0.15) is 0 Å². The van der Waals surface area contributed by atoms with Crippen LogP contribution < -0.4 is 0 Å². The summed E-state index contributed by atoms with van der Waals surface area (Å²) in [5.41, 5.74) is 2.01. The molecule has 0 aliphatic heterocycles. The Morgan fingerprint density at radius 1 is 1.54 bits per heavy atom. The molecule has 1 aromatic carbocycles. The van der Waals surface area contributed by atoms with Gasteiger partial charge in [0.15, 0.2) is 0 Å². The molecule has 0 aromatic heterocycles. The second-order valence-electron chi connectivity index (χ2n) is 3.08. The second-order valence-corrected chi connectivity index (χ2v) is 3.08. The Bertz CT molecular complexity index is 365. The number of hydrogen-bond donors (Lipinski definition) is 0. The van der Waals surface area contributed by atoms with Crippen molar-refractivity contribution in [1.29, 1.82) is 5.26 Å². The summed E-state index contributed by atoms with van der Waals surface area (Å²) in [7, 11) is 0. The van der Waals surface area contributed by atoms with Crippen LogP contribution in [0.4, 0.5) is 0 Å². The van der Waals surface area contributed by atoms with Crippen LogP contribution in [0.25, 0.3) is 0 Å². The number of nitrogens with zero attached hydrogens (tertiary/aromatic N) is 1. The predicted molar refractivity (Wildman–Crippen MR) is 52.9 cm³/mol. The maximum Gasteiger partial charge on any atom is 0.0656 e. The minimum absolute atomic E-state index is 0.0491. The molecule has 13 heavy (non-hydrogen) atoms. The van der Waals surface area contributed by atoms with Crippen molar-refractivity contribution in [1.82, 2.24) is 0 Å². The van der Waals surface area contributed by atoms with Crippen molar-refractivity contribution in [2.75, 3.05) is 0 Å². The zero-order valence-corrected chi connectivity index (χ0v) is 7.62. The van der Waals surface area contributed by atoms with E-state index < -0.39 is 0 Å². The maximum atomic E-state index is 8.63. The molecule has 0 aliphatic rings. The summed E-state index contributed by atoms with van der Waals surface area (Å²) >= 11 is 0. The summed E-state index contributed by atoms with van der Waals surface area (Å²) in [6.07, 6.45) is 6.04. The molecule has 1 nitrogen and oxygen atoms in total. The van der Waals surface area contributed by atoms with Crippen molar-refractivity contribution < 1.29 is 0 Å². The second kappa shape index (κ2) is 4.33. The predicted octanol–water partition coefficient (Wildman–Crippen LogP) is 2.37. The van der Waals surface area contributed by atoms with Gasteiger partial charge in [-0.15, -0.1) is 6.42 Å². The largest absolute Gasteiger partial charge is 0.198 e. The fourth-order valence-electron chi connectivity index (χ4n) is 1.19. The van der Waals surface area contributed by atoms with E-state index in [-0.39, 0.29) is 5.92 Å². The van der Waals surface area contributed by atoms with Crippen molar-refractivity contribution in [2.24, 2.45) is 5.92 Å². The molecule has 0 saturated heterocycles. The van der Waals surface area contributed by atoms with Crippen LogP contribution in [0.3, 0.4) is 0 Å². The third-order valence-electron chi connectivity index (χ3n) is 1.86.